The van der Waals surface area contributed by atoms with E-state index in [1.165, 1.54) is 5.56 Å². The molecule has 0 bridgehead atoms. The van der Waals surface area contributed by atoms with Crippen LogP contribution in [0.5, 0.6) is 0 Å². The van der Waals surface area contributed by atoms with Crippen LogP contribution in [0.25, 0.3) is 10.8 Å². The molecule has 2 rings (SSSR count). The number of hydrogen-bond donors (Lipinski definition) is 1. The topological polar surface area (TPSA) is 37.3 Å². The summed E-state index contributed by atoms with van der Waals surface area (Å²) in [7, 11) is 0. The van der Waals surface area contributed by atoms with Crippen molar-refractivity contribution >= 4 is 17.1 Å². The minimum Gasteiger partial charge on any atom is -0.396 e. The fourth-order valence-electron chi connectivity index (χ4n) is 1.98. The van der Waals surface area contributed by atoms with Crippen molar-refractivity contribution in [3.05, 3.63) is 47.5 Å². The van der Waals surface area contributed by atoms with Gasteiger partial charge in [-0.15, -0.1) is 0 Å². The first-order valence-corrected chi connectivity index (χ1v) is 5.43. The van der Waals surface area contributed by atoms with Gasteiger partial charge in [0.25, 0.3) is 0 Å². The molecule has 2 aromatic rings. The molecule has 16 heavy (non-hydrogen) atoms. The Balaban J connectivity index is 2.55. The van der Waals surface area contributed by atoms with E-state index in [2.05, 4.69) is 0 Å². The first kappa shape index (κ1) is 10.8. The van der Waals surface area contributed by atoms with Gasteiger partial charge in [0.2, 0.25) is 0 Å². The van der Waals surface area contributed by atoms with Crippen molar-refractivity contribution in [1.29, 1.82) is 0 Å². The molecule has 2 heteroatoms. The van der Waals surface area contributed by atoms with Gasteiger partial charge in [-0.05, 0) is 29.2 Å². The summed E-state index contributed by atoms with van der Waals surface area (Å²) in [6.07, 6.45) is 2.48. The van der Waals surface area contributed by atoms with Gasteiger partial charge in [-0.2, -0.15) is 0 Å². The molecule has 0 saturated heterocycles. The van der Waals surface area contributed by atoms with Gasteiger partial charge < -0.3 is 5.11 Å². The molecule has 0 unspecified atom stereocenters. The molecule has 0 aliphatic carbocycles. The maximum absolute atomic E-state index is 10.9. The molecule has 0 heterocycles. The van der Waals surface area contributed by atoms with Gasteiger partial charge in [0.05, 0.1) is 0 Å². The highest BCUT2D eigenvalue weighted by Crippen LogP contribution is 2.22. The number of carbonyl (C=O) groups excluding carboxylic acids is 1. The fourth-order valence-corrected chi connectivity index (χ4v) is 1.98. The van der Waals surface area contributed by atoms with Crippen molar-refractivity contribution in [3.63, 3.8) is 0 Å². The Bertz CT molecular complexity index is 503. The Kier molecular flexibility index (Phi) is 3.32. The Morgan fingerprint density at radius 3 is 2.50 bits per heavy atom. The number of aliphatic hydroxyl groups excluding tert-OH is 1. The molecule has 2 aromatic carbocycles. The number of rotatable bonds is 4. The van der Waals surface area contributed by atoms with E-state index in [0.717, 1.165) is 35.5 Å². The minimum absolute atomic E-state index is 0.198. The van der Waals surface area contributed by atoms with E-state index < -0.39 is 0 Å². The lowest BCUT2D eigenvalue weighted by Crippen LogP contribution is -1.93. The van der Waals surface area contributed by atoms with Gasteiger partial charge >= 0.3 is 0 Å². The van der Waals surface area contributed by atoms with Crippen LogP contribution in [0.2, 0.25) is 0 Å². The van der Waals surface area contributed by atoms with Gasteiger partial charge in [-0.25, -0.2) is 0 Å². The Hall–Kier alpha value is -1.67. The molecule has 0 atom stereocenters. The normalized spacial score (nSPS) is 10.6. The Morgan fingerprint density at radius 2 is 1.81 bits per heavy atom. The minimum atomic E-state index is 0.198. The lowest BCUT2D eigenvalue weighted by atomic mass is 9.97. The van der Waals surface area contributed by atoms with Crippen LogP contribution >= 0.6 is 0 Å². The van der Waals surface area contributed by atoms with E-state index in [4.69, 9.17) is 5.11 Å². The standard InChI is InChI=1S/C14H14O2/c15-9-3-4-11-7-8-12(10-16)14-6-2-1-5-13(11)14/h1-2,5-8,10,15H,3-4,9H2. The third-order valence-corrected chi connectivity index (χ3v) is 2.78. The van der Waals surface area contributed by atoms with Crippen LogP contribution in [0.15, 0.2) is 36.4 Å². The van der Waals surface area contributed by atoms with Gasteiger partial charge in [0, 0.05) is 12.2 Å². The van der Waals surface area contributed by atoms with Crippen LogP contribution in [0.4, 0.5) is 0 Å². The highest BCUT2D eigenvalue weighted by atomic mass is 16.2. The molecule has 0 aromatic heterocycles. The Labute approximate surface area is 94.5 Å². The summed E-state index contributed by atoms with van der Waals surface area (Å²) >= 11 is 0. The first-order chi connectivity index (χ1) is 7.86. The summed E-state index contributed by atoms with van der Waals surface area (Å²) in [4.78, 5) is 10.9. The van der Waals surface area contributed by atoms with Crippen LogP contribution < -0.4 is 0 Å². The first-order valence-electron chi connectivity index (χ1n) is 5.43. The average molecular weight is 214 g/mol. The van der Waals surface area contributed by atoms with E-state index in [0.29, 0.717) is 0 Å². The zero-order valence-corrected chi connectivity index (χ0v) is 9.02. The molecular weight excluding hydrogens is 200 g/mol. The fraction of sp³-hybridized carbons (Fsp3) is 0.214. The molecule has 0 amide bonds. The second-order valence-corrected chi connectivity index (χ2v) is 3.80. The summed E-state index contributed by atoms with van der Waals surface area (Å²) in [6, 6.07) is 11.7. The van der Waals surface area contributed by atoms with Crippen LogP contribution in [0.1, 0.15) is 22.3 Å². The van der Waals surface area contributed by atoms with E-state index in [-0.39, 0.29) is 6.61 Å². The average Bonchev–Trinajstić information content (AvgIpc) is 2.36. The van der Waals surface area contributed by atoms with E-state index in [1.54, 1.807) is 0 Å². The second kappa shape index (κ2) is 4.90. The number of carbonyl (C=O) groups is 1. The summed E-state index contributed by atoms with van der Waals surface area (Å²) in [6.45, 7) is 0.198. The molecule has 0 aliphatic rings. The molecular formula is C14H14O2. The number of fused-ring (bicyclic) bond motifs is 1. The van der Waals surface area contributed by atoms with Crippen molar-refractivity contribution in [2.24, 2.45) is 0 Å². The van der Waals surface area contributed by atoms with Gasteiger partial charge in [0.1, 0.15) is 0 Å². The number of benzene rings is 2. The molecule has 82 valence electrons. The molecule has 0 fully saturated rings. The van der Waals surface area contributed by atoms with Crippen molar-refractivity contribution in [1.82, 2.24) is 0 Å². The quantitative estimate of drug-likeness (QED) is 0.794. The number of aliphatic hydroxyl groups is 1. The summed E-state index contributed by atoms with van der Waals surface area (Å²) < 4.78 is 0. The van der Waals surface area contributed by atoms with Gasteiger partial charge in [0.15, 0.2) is 6.29 Å². The van der Waals surface area contributed by atoms with Crippen LogP contribution in [0, 0.1) is 0 Å². The van der Waals surface area contributed by atoms with E-state index >= 15 is 0 Å². The van der Waals surface area contributed by atoms with E-state index in [9.17, 15) is 4.79 Å². The van der Waals surface area contributed by atoms with Crippen LogP contribution in [0.3, 0.4) is 0 Å². The smallest absolute Gasteiger partial charge is 0.150 e. The largest absolute Gasteiger partial charge is 0.396 e. The van der Waals surface area contributed by atoms with Crippen molar-refractivity contribution in [3.8, 4) is 0 Å². The zero-order valence-electron chi connectivity index (χ0n) is 9.02. The Morgan fingerprint density at radius 1 is 1.06 bits per heavy atom. The summed E-state index contributed by atoms with van der Waals surface area (Å²) in [5.41, 5.74) is 1.92. The monoisotopic (exact) mass is 214 g/mol. The van der Waals surface area contributed by atoms with Gasteiger partial charge in [-0.1, -0.05) is 36.4 Å². The molecule has 2 nitrogen and oxygen atoms in total. The summed E-state index contributed by atoms with van der Waals surface area (Å²) in [5.74, 6) is 0. The predicted octanol–water partition coefficient (Wildman–Crippen LogP) is 2.58. The summed E-state index contributed by atoms with van der Waals surface area (Å²) in [5, 5.41) is 10.9. The molecule has 0 saturated carbocycles. The van der Waals surface area contributed by atoms with Gasteiger partial charge in [-0.3, -0.25) is 4.79 Å². The third kappa shape index (κ3) is 1.97. The number of hydrogen-bond acceptors (Lipinski definition) is 2. The highest BCUT2D eigenvalue weighted by molar-refractivity contribution is 5.99. The maximum atomic E-state index is 10.9. The van der Waals surface area contributed by atoms with E-state index in [1.807, 2.05) is 36.4 Å². The number of aryl methyl sites for hydroxylation is 1. The molecule has 0 aliphatic heterocycles. The lowest BCUT2D eigenvalue weighted by molar-refractivity contribution is 0.112. The molecule has 0 radical (unpaired) electrons. The SMILES string of the molecule is O=Cc1ccc(CCCO)c2ccccc12. The zero-order chi connectivity index (χ0) is 11.4. The van der Waals surface area contributed by atoms with Crippen molar-refractivity contribution in [2.45, 2.75) is 12.8 Å². The second-order valence-electron chi connectivity index (χ2n) is 3.80. The number of aldehydes is 1. The van der Waals surface area contributed by atoms with Crippen LogP contribution in [-0.4, -0.2) is 18.0 Å². The van der Waals surface area contributed by atoms with Crippen LogP contribution in [-0.2, 0) is 6.42 Å². The molecule has 1 N–H and O–H groups in total. The van der Waals surface area contributed by atoms with Crippen molar-refractivity contribution < 1.29 is 9.90 Å². The predicted molar refractivity (Wildman–Crippen MR) is 64.7 cm³/mol. The maximum Gasteiger partial charge on any atom is 0.150 e. The highest BCUT2D eigenvalue weighted by Gasteiger charge is 2.04. The van der Waals surface area contributed by atoms with Crippen molar-refractivity contribution in [2.75, 3.05) is 6.61 Å². The molecule has 0 spiro atoms. The lowest BCUT2D eigenvalue weighted by Gasteiger charge is -2.07. The third-order valence-electron chi connectivity index (χ3n) is 2.78.